The van der Waals surface area contributed by atoms with E-state index in [9.17, 15) is 13.2 Å². The highest BCUT2D eigenvalue weighted by atomic mass is 19.1. The van der Waals surface area contributed by atoms with E-state index in [2.05, 4.69) is 4.98 Å². The molecule has 2 nitrogen and oxygen atoms in total. The van der Waals surface area contributed by atoms with Gasteiger partial charge in [0.05, 0.1) is 0 Å². The molecule has 1 heterocycles. The molecule has 5 heteroatoms. The van der Waals surface area contributed by atoms with Crippen LogP contribution < -0.4 is 4.74 Å². The Labute approximate surface area is 95.7 Å². The Bertz CT molecular complexity index is 511. The number of hydrogen-bond donors (Lipinski definition) is 0. The Kier molecular flexibility index (Phi) is 3.27. The number of nitrogens with zero attached hydrogens (tertiary/aromatic N) is 1. The number of aromatic nitrogens is 1. The number of hydrogen-bond acceptors (Lipinski definition) is 2. The summed E-state index contributed by atoms with van der Waals surface area (Å²) < 4.78 is 43.4. The van der Waals surface area contributed by atoms with E-state index in [4.69, 9.17) is 4.74 Å². The van der Waals surface area contributed by atoms with Crippen molar-refractivity contribution in [3.05, 3.63) is 66.3 Å². The van der Waals surface area contributed by atoms with E-state index in [1.165, 1.54) is 12.3 Å². The predicted octanol–water partition coefficient (Wildman–Crippen LogP) is 3.09. The summed E-state index contributed by atoms with van der Waals surface area (Å²) in [4.78, 5) is 3.34. The average Bonchev–Trinajstić information content (AvgIpc) is 2.25. The lowest BCUT2D eigenvalue weighted by Crippen LogP contribution is -1.95. The van der Waals surface area contributed by atoms with Gasteiger partial charge in [-0.15, -0.1) is 0 Å². The molecule has 0 atom stereocenters. The minimum atomic E-state index is -0.708. The first-order valence-corrected chi connectivity index (χ1v) is 4.71. The zero-order valence-electron chi connectivity index (χ0n) is 8.53. The van der Waals surface area contributed by atoms with Gasteiger partial charge in [-0.1, -0.05) is 0 Å². The number of pyridine rings is 1. The Morgan fingerprint density at radius 2 is 1.71 bits per heavy atom. The maximum absolute atomic E-state index is 12.8. The van der Waals surface area contributed by atoms with Crippen molar-refractivity contribution in [3.63, 3.8) is 0 Å². The molecule has 1 aromatic carbocycles. The fraction of sp³-hybridized carbons (Fsp3) is 0. The van der Waals surface area contributed by atoms with Crippen LogP contribution in [-0.4, -0.2) is 4.98 Å². The van der Waals surface area contributed by atoms with Gasteiger partial charge in [-0.2, -0.15) is 4.39 Å². The van der Waals surface area contributed by atoms with Gasteiger partial charge in [-0.05, 0) is 18.2 Å². The summed E-state index contributed by atoms with van der Waals surface area (Å²) in [6, 6.07) is 5.44. The number of rotatable bonds is 3. The first kappa shape index (κ1) is 11.4. The molecule has 0 amide bonds. The fourth-order valence-electron chi connectivity index (χ4n) is 1.24. The molecule has 87 valence electrons. The third kappa shape index (κ3) is 3.21. The summed E-state index contributed by atoms with van der Waals surface area (Å²) >= 11 is 0. The van der Waals surface area contributed by atoms with Crippen LogP contribution in [0.5, 0.6) is 5.75 Å². The first-order chi connectivity index (χ1) is 8.13. The van der Waals surface area contributed by atoms with Gasteiger partial charge in [-0.25, -0.2) is 13.8 Å². The highest BCUT2D eigenvalue weighted by Crippen LogP contribution is 2.15. The van der Waals surface area contributed by atoms with Gasteiger partial charge in [0.25, 0.3) is 0 Å². The standard InChI is InChI=1S/C12H7F3NO/c13-9-3-8(4-10(14)5-9)7-17-11-1-2-16-12(15)6-11/h1-7H. The second kappa shape index (κ2) is 4.86. The molecule has 2 aromatic rings. The van der Waals surface area contributed by atoms with E-state index in [1.807, 2.05) is 0 Å². The summed E-state index contributed by atoms with van der Waals surface area (Å²) in [7, 11) is 0. The van der Waals surface area contributed by atoms with Crippen molar-refractivity contribution in [2.75, 3.05) is 0 Å². The Morgan fingerprint density at radius 1 is 1.00 bits per heavy atom. The van der Waals surface area contributed by atoms with Gasteiger partial charge in [0.15, 0.2) is 6.61 Å². The molecular weight excluding hydrogens is 231 g/mol. The molecule has 0 N–H and O–H groups in total. The number of benzene rings is 1. The maximum Gasteiger partial charge on any atom is 0.216 e. The van der Waals surface area contributed by atoms with E-state index in [0.717, 1.165) is 30.9 Å². The van der Waals surface area contributed by atoms with Gasteiger partial charge in [-0.3, -0.25) is 0 Å². The quantitative estimate of drug-likeness (QED) is 0.766. The molecule has 17 heavy (non-hydrogen) atoms. The van der Waals surface area contributed by atoms with E-state index in [-0.39, 0.29) is 11.3 Å². The summed E-state index contributed by atoms with van der Waals surface area (Å²) in [5, 5.41) is 0. The van der Waals surface area contributed by atoms with Gasteiger partial charge in [0, 0.05) is 23.9 Å². The van der Waals surface area contributed by atoms with Crippen LogP contribution in [0.25, 0.3) is 0 Å². The molecule has 0 saturated heterocycles. The summed E-state index contributed by atoms with van der Waals surface area (Å²) in [6.45, 7) is 1.13. The van der Waals surface area contributed by atoms with Crippen molar-refractivity contribution < 1.29 is 17.9 Å². The highest BCUT2D eigenvalue weighted by molar-refractivity contribution is 5.26. The lowest BCUT2D eigenvalue weighted by molar-refractivity contribution is 0.420. The zero-order chi connectivity index (χ0) is 12.3. The summed E-state index contributed by atoms with van der Waals surface area (Å²) in [6.07, 6.45) is 1.23. The van der Waals surface area contributed by atoms with Crippen molar-refractivity contribution in [1.82, 2.24) is 4.98 Å². The van der Waals surface area contributed by atoms with Crippen LogP contribution >= 0.6 is 0 Å². The van der Waals surface area contributed by atoms with Gasteiger partial charge in [0.1, 0.15) is 17.4 Å². The van der Waals surface area contributed by atoms with Crippen LogP contribution in [0, 0.1) is 24.2 Å². The molecule has 0 spiro atoms. The molecule has 0 bridgehead atoms. The second-order valence-corrected chi connectivity index (χ2v) is 3.25. The Balaban J connectivity index is 2.07. The van der Waals surface area contributed by atoms with Crippen LogP contribution in [0.2, 0.25) is 0 Å². The molecule has 0 aliphatic heterocycles. The van der Waals surface area contributed by atoms with Gasteiger partial charge in [0.2, 0.25) is 5.95 Å². The van der Waals surface area contributed by atoms with Crippen molar-refractivity contribution >= 4 is 0 Å². The first-order valence-electron chi connectivity index (χ1n) is 4.71. The molecule has 1 aromatic heterocycles. The fourth-order valence-corrected chi connectivity index (χ4v) is 1.24. The lowest BCUT2D eigenvalue weighted by atomic mass is 10.2. The molecule has 0 aliphatic rings. The van der Waals surface area contributed by atoms with Crippen LogP contribution in [-0.2, 0) is 0 Å². The van der Waals surface area contributed by atoms with Crippen LogP contribution in [0.15, 0.2) is 36.5 Å². The smallest absolute Gasteiger partial charge is 0.216 e. The van der Waals surface area contributed by atoms with E-state index >= 15 is 0 Å². The predicted molar refractivity (Wildman–Crippen MR) is 54.6 cm³/mol. The molecular formula is C12H7F3NO. The minimum Gasteiger partial charge on any atom is -0.481 e. The summed E-state index contributed by atoms with van der Waals surface area (Å²) in [5.41, 5.74) is 0.208. The molecule has 0 fully saturated rings. The third-order valence-electron chi connectivity index (χ3n) is 1.91. The van der Waals surface area contributed by atoms with Crippen LogP contribution in [0.1, 0.15) is 5.56 Å². The lowest BCUT2D eigenvalue weighted by Gasteiger charge is -2.05. The maximum atomic E-state index is 12.8. The molecule has 2 rings (SSSR count). The normalized spacial score (nSPS) is 10.3. The monoisotopic (exact) mass is 238 g/mol. The van der Waals surface area contributed by atoms with E-state index < -0.39 is 17.6 Å². The van der Waals surface area contributed by atoms with Gasteiger partial charge < -0.3 is 4.74 Å². The number of halogens is 3. The number of ether oxygens (including phenoxy) is 1. The topological polar surface area (TPSA) is 22.1 Å². The van der Waals surface area contributed by atoms with Crippen LogP contribution in [0.3, 0.4) is 0 Å². The van der Waals surface area contributed by atoms with Crippen molar-refractivity contribution in [3.8, 4) is 5.75 Å². The van der Waals surface area contributed by atoms with Crippen molar-refractivity contribution in [2.45, 2.75) is 0 Å². The average molecular weight is 238 g/mol. The molecule has 1 radical (unpaired) electrons. The Hall–Kier alpha value is -2.04. The van der Waals surface area contributed by atoms with Crippen LogP contribution in [0.4, 0.5) is 13.2 Å². The zero-order valence-corrected chi connectivity index (χ0v) is 8.53. The third-order valence-corrected chi connectivity index (χ3v) is 1.91. The van der Waals surface area contributed by atoms with E-state index in [1.54, 1.807) is 0 Å². The van der Waals surface area contributed by atoms with Crippen molar-refractivity contribution in [2.24, 2.45) is 0 Å². The molecule has 0 aliphatic carbocycles. The van der Waals surface area contributed by atoms with Gasteiger partial charge >= 0.3 is 0 Å². The highest BCUT2D eigenvalue weighted by Gasteiger charge is 2.03. The largest absolute Gasteiger partial charge is 0.481 e. The molecule has 0 saturated carbocycles. The molecule has 0 unspecified atom stereocenters. The van der Waals surface area contributed by atoms with Crippen molar-refractivity contribution in [1.29, 1.82) is 0 Å². The minimum absolute atomic E-state index is 0.196. The SMILES string of the molecule is Fc1cc(F)cc([CH]Oc2ccnc(F)c2)c1. The Morgan fingerprint density at radius 3 is 2.35 bits per heavy atom. The second-order valence-electron chi connectivity index (χ2n) is 3.25. The van der Waals surface area contributed by atoms with E-state index in [0.29, 0.717) is 0 Å². The summed E-state index contributed by atoms with van der Waals surface area (Å²) in [5.74, 6) is -1.91.